The van der Waals surface area contributed by atoms with Crippen molar-refractivity contribution in [2.24, 2.45) is 0 Å². The fourth-order valence-electron chi connectivity index (χ4n) is 10.8. The number of aryl methyl sites for hydroxylation is 1. The molecule has 0 bridgehead atoms. The first-order valence-electron chi connectivity index (χ1n) is 20.6. The molecule has 1 aliphatic heterocycles. The third kappa shape index (κ3) is 4.59. The molecular weight excluding hydrogens is 721 g/mol. The largest absolute Gasteiger partial charge is 0.364 e. The van der Waals surface area contributed by atoms with Crippen LogP contribution in [-0.4, -0.2) is 4.57 Å². The van der Waals surface area contributed by atoms with Crippen LogP contribution in [0, 0.1) is 0 Å². The molecule has 2 atom stereocenters. The smallest absolute Gasteiger partial charge is 0.111 e. The van der Waals surface area contributed by atoms with Gasteiger partial charge in [0.1, 0.15) is 6.17 Å². The minimum absolute atomic E-state index is 0.0778. The van der Waals surface area contributed by atoms with Crippen LogP contribution in [0.5, 0.6) is 0 Å². The van der Waals surface area contributed by atoms with Crippen molar-refractivity contribution in [1.82, 2.24) is 4.57 Å². The van der Waals surface area contributed by atoms with Crippen LogP contribution in [0.15, 0.2) is 176 Å². The Labute approximate surface area is 339 Å². The van der Waals surface area contributed by atoms with E-state index in [2.05, 4.69) is 186 Å². The van der Waals surface area contributed by atoms with E-state index in [4.69, 9.17) is 0 Å². The Hall–Kier alpha value is -6.68. The average Bonchev–Trinajstić information content (AvgIpc) is 3.81. The van der Waals surface area contributed by atoms with Gasteiger partial charge in [0.25, 0.3) is 0 Å². The Balaban J connectivity index is 1.20. The molecule has 0 saturated carbocycles. The molecule has 0 fully saturated rings. The molecule has 13 rings (SSSR count). The molecule has 274 valence electrons. The number of thiophene rings is 1. The Morgan fingerprint density at radius 3 is 1.91 bits per heavy atom. The second-order valence-corrected chi connectivity index (χ2v) is 17.3. The van der Waals surface area contributed by atoms with Crippen LogP contribution >= 0.6 is 11.3 Å². The van der Waals surface area contributed by atoms with Crippen molar-refractivity contribution in [3.05, 3.63) is 187 Å². The number of anilines is 1. The number of rotatable bonds is 2. The van der Waals surface area contributed by atoms with Crippen molar-refractivity contribution in [1.29, 1.82) is 0 Å². The first-order chi connectivity index (χ1) is 28.8. The quantitative estimate of drug-likeness (QED) is 0.174. The van der Waals surface area contributed by atoms with Gasteiger partial charge in [-0.25, -0.2) is 0 Å². The van der Waals surface area contributed by atoms with E-state index in [1.165, 1.54) is 113 Å². The standard InChI is InChI=1S/C55H38N2S/c1-2-15-36-32-49-47(31-35(36)14-1)52-48(30-29-43-40-20-6-5-18-38(40)39-19-7-8-22-42(39)51(43)52)57(49)55-46(45-24-12-23-44-41-21-9-10-26-50(41)58-54(44)45)25-11-16-34-28-27-33-13-3-4-17-37(33)53(34)56-55/h1-10,12-15,17-24,26-32,46,55-56H,11,16,25H2. The normalized spacial score (nSPS) is 16.2. The maximum absolute atomic E-state index is 4.41. The minimum atomic E-state index is -0.0778. The molecule has 2 unspecified atom stereocenters. The summed E-state index contributed by atoms with van der Waals surface area (Å²) in [7, 11) is 0. The minimum Gasteiger partial charge on any atom is -0.364 e. The van der Waals surface area contributed by atoms with Crippen LogP contribution in [0.3, 0.4) is 0 Å². The summed E-state index contributed by atoms with van der Waals surface area (Å²) in [6, 6.07) is 66.4. The Kier molecular flexibility index (Phi) is 6.93. The molecule has 3 heterocycles. The molecule has 0 aliphatic carbocycles. The SMILES string of the molecule is c1ccc2cc3c(cc2c1)c1c2c4ccccc4c4ccccc4c2ccc1n3C1Nc2c(ccc3ccccc23)CCCC1c1cccc2c1sc1ccccc12. The molecule has 0 amide bonds. The summed E-state index contributed by atoms with van der Waals surface area (Å²) in [6.45, 7) is 0. The Morgan fingerprint density at radius 2 is 1.10 bits per heavy atom. The monoisotopic (exact) mass is 758 g/mol. The van der Waals surface area contributed by atoms with Gasteiger partial charge < -0.3 is 9.88 Å². The third-order valence-corrected chi connectivity index (χ3v) is 14.5. The summed E-state index contributed by atoms with van der Waals surface area (Å²) in [5, 5.41) is 22.7. The van der Waals surface area contributed by atoms with Crippen molar-refractivity contribution in [3.63, 3.8) is 0 Å². The van der Waals surface area contributed by atoms with E-state index >= 15 is 0 Å². The number of hydrogen-bond donors (Lipinski definition) is 1. The van der Waals surface area contributed by atoms with Crippen LogP contribution in [0.25, 0.3) is 95.8 Å². The van der Waals surface area contributed by atoms with Crippen molar-refractivity contribution in [2.75, 3.05) is 5.32 Å². The molecule has 10 aromatic carbocycles. The average molecular weight is 759 g/mol. The number of hydrogen-bond acceptors (Lipinski definition) is 2. The summed E-state index contributed by atoms with van der Waals surface area (Å²) in [5.74, 6) is 0.193. The summed E-state index contributed by atoms with van der Waals surface area (Å²) in [6.07, 6.45) is 3.13. The number of aromatic nitrogens is 1. The highest BCUT2D eigenvalue weighted by atomic mass is 32.1. The molecule has 0 spiro atoms. The van der Waals surface area contributed by atoms with Crippen molar-refractivity contribution >= 4 is 113 Å². The summed E-state index contributed by atoms with van der Waals surface area (Å²) in [5.41, 5.74) is 6.65. The van der Waals surface area contributed by atoms with Gasteiger partial charge in [-0.05, 0) is 97.7 Å². The van der Waals surface area contributed by atoms with E-state index in [1.807, 2.05) is 11.3 Å². The molecule has 2 aromatic heterocycles. The summed E-state index contributed by atoms with van der Waals surface area (Å²) in [4.78, 5) is 0. The van der Waals surface area contributed by atoms with Crippen LogP contribution in [0.4, 0.5) is 5.69 Å². The van der Waals surface area contributed by atoms with Gasteiger partial charge in [0.15, 0.2) is 0 Å². The van der Waals surface area contributed by atoms with Crippen LogP contribution < -0.4 is 5.32 Å². The lowest BCUT2D eigenvalue weighted by Crippen LogP contribution is -2.28. The highest BCUT2D eigenvalue weighted by molar-refractivity contribution is 7.26. The van der Waals surface area contributed by atoms with Gasteiger partial charge in [-0.3, -0.25) is 0 Å². The molecule has 2 nitrogen and oxygen atoms in total. The van der Waals surface area contributed by atoms with E-state index in [0.29, 0.717) is 0 Å². The highest BCUT2D eigenvalue weighted by Crippen LogP contribution is 2.50. The third-order valence-electron chi connectivity index (χ3n) is 13.3. The maximum atomic E-state index is 4.41. The fourth-order valence-corrected chi connectivity index (χ4v) is 12.0. The lowest BCUT2D eigenvalue weighted by molar-refractivity contribution is 0.437. The van der Waals surface area contributed by atoms with Crippen molar-refractivity contribution in [3.8, 4) is 0 Å². The van der Waals surface area contributed by atoms with Crippen molar-refractivity contribution in [2.45, 2.75) is 31.3 Å². The molecule has 58 heavy (non-hydrogen) atoms. The second-order valence-electron chi connectivity index (χ2n) is 16.3. The van der Waals surface area contributed by atoms with E-state index < -0.39 is 0 Å². The van der Waals surface area contributed by atoms with E-state index in [0.717, 1.165) is 19.3 Å². The zero-order valence-electron chi connectivity index (χ0n) is 31.9. The predicted molar refractivity (Wildman–Crippen MR) is 251 cm³/mol. The van der Waals surface area contributed by atoms with Gasteiger partial charge in [0.2, 0.25) is 0 Å². The van der Waals surface area contributed by atoms with Crippen LogP contribution in [-0.2, 0) is 6.42 Å². The molecular formula is C55H38N2S. The lowest BCUT2D eigenvalue weighted by Gasteiger charge is -2.35. The summed E-state index contributed by atoms with van der Waals surface area (Å²) >= 11 is 1.96. The number of fused-ring (bicyclic) bond motifs is 17. The van der Waals surface area contributed by atoms with Gasteiger partial charge in [0.05, 0.1) is 11.0 Å². The lowest BCUT2D eigenvalue weighted by atomic mass is 9.86. The molecule has 1 aliphatic rings. The van der Waals surface area contributed by atoms with E-state index in [-0.39, 0.29) is 12.1 Å². The topological polar surface area (TPSA) is 17.0 Å². The second kappa shape index (κ2) is 12.4. The first kappa shape index (κ1) is 32.4. The van der Waals surface area contributed by atoms with E-state index in [9.17, 15) is 0 Å². The van der Waals surface area contributed by atoms with Crippen LogP contribution in [0.2, 0.25) is 0 Å². The van der Waals surface area contributed by atoms with Gasteiger partial charge in [-0.2, -0.15) is 0 Å². The van der Waals surface area contributed by atoms with Gasteiger partial charge in [0, 0.05) is 53.3 Å². The number of nitrogens with one attached hydrogen (secondary N) is 1. The summed E-state index contributed by atoms with van der Waals surface area (Å²) < 4.78 is 5.48. The van der Waals surface area contributed by atoms with Gasteiger partial charge in [-0.15, -0.1) is 11.3 Å². The predicted octanol–water partition coefficient (Wildman–Crippen LogP) is 15.7. The van der Waals surface area contributed by atoms with Gasteiger partial charge in [-0.1, -0.05) is 152 Å². The molecule has 0 radical (unpaired) electrons. The number of nitrogens with zero attached hydrogens (tertiary/aromatic N) is 1. The zero-order valence-corrected chi connectivity index (χ0v) is 32.7. The Bertz CT molecular complexity index is 3630. The molecule has 1 N–H and O–H groups in total. The number of benzene rings is 10. The van der Waals surface area contributed by atoms with Gasteiger partial charge >= 0.3 is 0 Å². The maximum Gasteiger partial charge on any atom is 0.111 e. The fraction of sp³-hybridized carbons (Fsp3) is 0.0909. The molecule has 3 heteroatoms. The van der Waals surface area contributed by atoms with E-state index in [1.54, 1.807) is 0 Å². The zero-order chi connectivity index (χ0) is 37.9. The Morgan fingerprint density at radius 1 is 0.466 bits per heavy atom. The highest BCUT2D eigenvalue weighted by Gasteiger charge is 2.33. The molecule has 0 saturated heterocycles. The van der Waals surface area contributed by atoms with Crippen LogP contribution in [0.1, 0.15) is 36.1 Å². The first-order valence-corrected chi connectivity index (χ1v) is 21.5. The molecule has 12 aromatic rings. The van der Waals surface area contributed by atoms with Crippen molar-refractivity contribution < 1.29 is 0 Å².